The smallest absolute Gasteiger partial charge is 0.392 e. The van der Waals surface area contributed by atoms with E-state index in [2.05, 4.69) is 9.97 Å². The van der Waals surface area contributed by atoms with Crippen LogP contribution in [0.25, 0.3) is 0 Å². The van der Waals surface area contributed by atoms with Gasteiger partial charge in [-0.1, -0.05) is 12.1 Å². The SMILES string of the molecule is C[C@H](O)CN(C(=O)c1ccc(=O)[nH]c1)[C@@H](c1ccc(C(F)(F)F)cc1)c1ncccc1F. The van der Waals surface area contributed by atoms with Gasteiger partial charge in [0.15, 0.2) is 0 Å². The van der Waals surface area contributed by atoms with Gasteiger partial charge in [-0.15, -0.1) is 0 Å². The van der Waals surface area contributed by atoms with Crippen LogP contribution in [-0.2, 0) is 6.18 Å². The van der Waals surface area contributed by atoms with Crippen LogP contribution in [-0.4, -0.2) is 38.5 Å². The molecule has 6 nitrogen and oxygen atoms in total. The predicted octanol–water partition coefficient (Wildman–Crippen LogP) is 3.54. The minimum absolute atomic E-state index is 0.0403. The summed E-state index contributed by atoms with van der Waals surface area (Å²) in [7, 11) is 0. The van der Waals surface area contributed by atoms with E-state index in [4.69, 9.17) is 0 Å². The van der Waals surface area contributed by atoms with Crippen LogP contribution in [0.5, 0.6) is 0 Å². The third-order valence-corrected chi connectivity index (χ3v) is 4.66. The molecular formula is C22H19F4N3O3. The Hall–Kier alpha value is -3.53. The van der Waals surface area contributed by atoms with Crippen molar-refractivity contribution in [3.63, 3.8) is 0 Å². The molecule has 10 heteroatoms. The fourth-order valence-electron chi connectivity index (χ4n) is 3.24. The molecule has 0 radical (unpaired) electrons. The Morgan fingerprint density at radius 3 is 2.38 bits per heavy atom. The summed E-state index contributed by atoms with van der Waals surface area (Å²) in [5.41, 5.74) is -1.35. The summed E-state index contributed by atoms with van der Waals surface area (Å²) in [5.74, 6) is -1.46. The summed E-state index contributed by atoms with van der Waals surface area (Å²) < 4.78 is 53.8. The maximum atomic E-state index is 14.7. The van der Waals surface area contributed by atoms with Crippen LogP contribution < -0.4 is 5.56 Å². The molecule has 0 aliphatic carbocycles. The zero-order valence-electron chi connectivity index (χ0n) is 16.8. The summed E-state index contributed by atoms with van der Waals surface area (Å²) >= 11 is 0. The standard InChI is InChI=1S/C22H19F4N3O3/c1-13(30)12-29(21(32)15-6-9-18(31)28-11-15)20(19-17(23)3-2-10-27-19)14-4-7-16(8-5-14)22(24,25)26/h2-11,13,20,30H,12H2,1H3,(H,28,31)/t13-,20-/m0/s1. The van der Waals surface area contributed by atoms with Gasteiger partial charge in [0.1, 0.15) is 17.6 Å². The fourth-order valence-corrected chi connectivity index (χ4v) is 3.24. The fraction of sp³-hybridized carbons (Fsp3) is 0.227. The van der Waals surface area contributed by atoms with Gasteiger partial charge in [-0.2, -0.15) is 13.2 Å². The zero-order valence-corrected chi connectivity index (χ0v) is 16.8. The Balaban J connectivity index is 2.16. The van der Waals surface area contributed by atoms with Crippen LogP contribution in [0.3, 0.4) is 0 Å². The number of aliphatic hydroxyl groups is 1. The quantitative estimate of drug-likeness (QED) is 0.564. The van der Waals surface area contributed by atoms with Gasteiger partial charge >= 0.3 is 6.18 Å². The second-order valence-electron chi connectivity index (χ2n) is 7.14. The summed E-state index contributed by atoms with van der Waals surface area (Å²) in [6, 6.07) is 7.52. The molecular weight excluding hydrogens is 430 g/mol. The first-order valence-electron chi connectivity index (χ1n) is 9.53. The summed E-state index contributed by atoms with van der Waals surface area (Å²) in [5, 5.41) is 10.0. The lowest BCUT2D eigenvalue weighted by molar-refractivity contribution is -0.137. The summed E-state index contributed by atoms with van der Waals surface area (Å²) in [4.78, 5) is 32.1. The van der Waals surface area contributed by atoms with Gasteiger partial charge in [0.2, 0.25) is 5.56 Å². The lowest BCUT2D eigenvalue weighted by Gasteiger charge is -2.33. The molecule has 3 aromatic rings. The van der Waals surface area contributed by atoms with Crippen molar-refractivity contribution in [3.05, 3.63) is 99.5 Å². The zero-order chi connectivity index (χ0) is 23.5. The highest BCUT2D eigenvalue weighted by molar-refractivity contribution is 5.94. The maximum absolute atomic E-state index is 14.7. The monoisotopic (exact) mass is 449 g/mol. The number of aliphatic hydroxyl groups excluding tert-OH is 1. The Bertz CT molecular complexity index is 1120. The molecule has 2 atom stereocenters. The number of alkyl halides is 3. The molecule has 0 saturated heterocycles. The molecule has 0 fully saturated rings. The maximum Gasteiger partial charge on any atom is 0.416 e. The first-order chi connectivity index (χ1) is 15.1. The van der Waals surface area contributed by atoms with E-state index in [9.17, 15) is 32.3 Å². The minimum atomic E-state index is -4.57. The topological polar surface area (TPSA) is 86.3 Å². The van der Waals surface area contributed by atoms with E-state index >= 15 is 0 Å². The number of amides is 1. The van der Waals surface area contributed by atoms with Crippen molar-refractivity contribution in [2.24, 2.45) is 0 Å². The molecule has 2 heterocycles. The number of nitrogens with one attached hydrogen (secondary N) is 1. The number of hydrogen-bond donors (Lipinski definition) is 2. The van der Waals surface area contributed by atoms with E-state index in [0.29, 0.717) is 0 Å². The van der Waals surface area contributed by atoms with E-state index in [-0.39, 0.29) is 23.4 Å². The van der Waals surface area contributed by atoms with Crippen molar-refractivity contribution in [1.29, 1.82) is 0 Å². The van der Waals surface area contributed by atoms with Crippen LogP contribution in [0.4, 0.5) is 17.6 Å². The molecule has 3 rings (SSSR count). The number of aromatic amines is 1. The van der Waals surface area contributed by atoms with Crippen LogP contribution in [0, 0.1) is 5.82 Å². The summed E-state index contributed by atoms with van der Waals surface area (Å²) in [6.45, 7) is 1.13. The molecule has 0 saturated carbocycles. The first kappa shape index (κ1) is 23.1. The molecule has 0 aliphatic rings. The van der Waals surface area contributed by atoms with E-state index in [1.54, 1.807) is 0 Å². The van der Waals surface area contributed by atoms with Crippen molar-refractivity contribution >= 4 is 5.91 Å². The van der Waals surface area contributed by atoms with Crippen molar-refractivity contribution in [3.8, 4) is 0 Å². The van der Waals surface area contributed by atoms with E-state index in [1.165, 1.54) is 25.3 Å². The number of H-pyrrole nitrogens is 1. The molecule has 1 aromatic carbocycles. The average molecular weight is 449 g/mol. The van der Waals surface area contributed by atoms with Gasteiger partial charge in [0.05, 0.1) is 17.2 Å². The number of carbonyl (C=O) groups excluding carboxylic acids is 1. The third-order valence-electron chi connectivity index (χ3n) is 4.66. The van der Waals surface area contributed by atoms with E-state index in [1.807, 2.05) is 0 Å². The normalized spacial score (nSPS) is 13.4. The van der Waals surface area contributed by atoms with Crippen LogP contribution in [0.2, 0.25) is 0 Å². The Morgan fingerprint density at radius 2 is 1.84 bits per heavy atom. The molecule has 168 valence electrons. The van der Waals surface area contributed by atoms with Crippen molar-refractivity contribution in [2.75, 3.05) is 6.54 Å². The number of aromatic nitrogens is 2. The molecule has 0 aliphatic heterocycles. The molecule has 2 N–H and O–H groups in total. The molecule has 1 amide bonds. The average Bonchev–Trinajstić information content (AvgIpc) is 2.74. The number of halogens is 4. The third kappa shape index (κ3) is 5.20. The van der Waals surface area contributed by atoms with Gasteiger partial charge in [0, 0.05) is 25.0 Å². The number of pyridine rings is 2. The highest BCUT2D eigenvalue weighted by Gasteiger charge is 2.34. The number of benzene rings is 1. The van der Waals surface area contributed by atoms with Gasteiger partial charge in [-0.05, 0) is 42.8 Å². The van der Waals surface area contributed by atoms with Crippen LogP contribution in [0.15, 0.2) is 65.7 Å². The van der Waals surface area contributed by atoms with E-state index < -0.39 is 41.2 Å². The highest BCUT2D eigenvalue weighted by atomic mass is 19.4. The predicted molar refractivity (Wildman–Crippen MR) is 107 cm³/mol. The van der Waals surface area contributed by atoms with Gasteiger partial charge in [0.25, 0.3) is 5.91 Å². The molecule has 2 aromatic heterocycles. The second kappa shape index (κ2) is 9.31. The van der Waals surface area contributed by atoms with E-state index in [0.717, 1.165) is 47.5 Å². The number of hydrogen-bond acceptors (Lipinski definition) is 4. The van der Waals surface area contributed by atoms with Gasteiger partial charge in [-0.25, -0.2) is 4.39 Å². The van der Waals surface area contributed by atoms with Gasteiger partial charge in [-0.3, -0.25) is 14.6 Å². The lowest BCUT2D eigenvalue weighted by atomic mass is 9.98. The highest BCUT2D eigenvalue weighted by Crippen LogP contribution is 2.34. The van der Waals surface area contributed by atoms with Crippen molar-refractivity contribution in [1.82, 2.24) is 14.9 Å². The Kier molecular flexibility index (Phi) is 6.73. The number of nitrogens with zero attached hydrogens (tertiary/aromatic N) is 2. The van der Waals surface area contributed by atoms with Crippen LogP contribution in [0.1, 0.15) is 40.1 Å². The van der Waals surface area contributed by atoms with Crippen molar-refractivity contribution in [2.45, 2.75) is 25.2 Å². The van der Waals surface area contributed by atoms with Crippen molar-refractivity contribution < 1.29 is 27.5 Å². The summed E-state index contributed by atoms with van der Waals surface area (Å²) in [6.07, 6.45) is -3.17. The number of rotatable bonds is 6. The molecule has 0 unspecified atom stereocenters. The lowest BCUT2D eigenvalue weighted by Crippen LogP contribution is -2.41. The largest absolute Gasteiger partial charge is 0.416 e. The van der Waals surface area contributed by atoms with Crippen LogP contribution >= 0.6 is 0 Å². The number of carbonyl (C=O) groups is 1. The van der Waals surface area contributed by atoms with Gasteiger partial charge < -0.3 is 15.0 Å². The minimum Gasteiger partial charge on any atom is -0.392 e. The Morgan fingerprint density at radius 1 is 1.16 bits per heavy atom. The molecule has 0 bridgehead atoms. The Labute approximate surface area is 180 Å². The molecule has 0 spiro atoms. The first-order valence-corrected chi connectivity index (χ1v) is 9.53. The second-order valence-corrected chi connectivity index (χ2v) is 7.14. The molecule has 32 heavy (non-hydrogen) atoms.